The summed E-state index contributed by atoms with van der Waals surface area (Å²) in [6.45, 7) is 0.0432. The van der Waals surface area contributed by atoms with Crippen molar-refractivity contribution in [3.8, 4) is 11.5 Å². The molecule has 0 bridgehead atoms. The quantitative estimate of drug-likeness (QED) is 0.144. The highest BCUT2D eigenvalue weighted by atomic mass is 16.5. The maximum atomic E-state index is 12.3. The van der Waals surface area contributed by atoms with Gasteiger partial charge < -0.3 is 36.6 Å². The highest BCUT2D eigenvalue weighted by molar-refractivity contribution is 5.98. The Hall–Kier alpha value is -4.35. The van der Waals surface area contributed by atoms with E-state index < -0.39 is 30.4 Å². The third kappa shape index (κ3) is 7.20. The Kier molecular flexibility index (Phi) is 8.13. The maximum absolute atomic E-state index is 12.3. The van der Waals surface area contributed by atoms with Crippen molar-refractivity contribution in [3.63, 3.8) is 0 Å². The smallest absolute Gasteiger partial charge is 0.328 e. The third-order valence-corrected chi connectivity index (χ3v) is 3.91. The molecule has 0 fully saturated rings. The van der Waals surface area contributed by atoms with Gasteiger partial charge in [-0.2, -0.15) is 0 Å². The van der Waals surface area contributed by atoms with Crippen LogP contribution in [0.3, 0.4) is 0 Å². The normalized spacial score (nSPS) is 11.1. The lowest BCUT2D eigenvalue weighted by molar-refractivity contribution is -0.139. The Bertz CT molecular complexity index is 952. The highest BCUT2D eigenvalue weighted by Gasteiger charge is 2.22. The van der Waals surface area contributed by atoms with Gasteiger partial charge in [-0.3, -0.25) is 20.0 Å². The first kappa shape index (κ1) is 22.9. The molecule has 1 heterocycles. The van der Waals surface area contributed by atoms with Crippen LogP contribution in [-0.4, -0.2) is 64.7 Å². The third-order valence-electron chi connectivity index (χ3n) is 3.91. The zero-order valence-electron chi connectivity index (χ0n) is 16.3. The average Bonchev–Trinajstić information content (AvgIpc) is 2.74. The van der Waals surface area contributed by atoms with Crippen molar-refractivity contribution in [2.45, 2.75) is 6.04 Å². The summed E-state index contributed by atoms with van der Waals surface area (Å²) in [6.07, 6.45) is 2.78. The molecule has 2 amide bonds. The lowest BCUT2D eigenvalue weighted by Gasteiger charge is -2.16. The van der Waals surface area contributed by atoms with E-state index in [-0.39, 0.29) is 41.7 Å². The Morgan fingerprint density at radius 1 is 1.13 bits per heavy atom. The molecule has 12 heteroatoms. The van der Waals surface area contributed by atoms with E-state index in [0.717, 1.165) is 0 Å². The standard InChI is InChI=1S/C19H22N6O6/c20-19(21)23-7-8-31-12-1-2-13(15(26)9-12)17(28)24-10-14(18(29)30)25-16(27)11-3-5-22-6-4-11/h1-6,9,14,26H,7-8,10H2,(H,24,28)(H,25,27)(H,29,30)(H4,20,21,23)/t14-/m0/s1. The topological polar surface area (TPSA) is 200 Å². The van der Waals surface area contributed by atoms with Crippen molar-refractivity contribution in [2.24, 2.45) is 5.73 Å². The lowest BCUT2D eigenvalue weighted by atomic mass is 10.1. The van der Waals surface area contributed by atoms with Crippen LogP contribution < -0.4 is 26.4 Å². The van der Waals surface area contributed by atoms with Gasteiger partial charge in [-0.25, -0.2) is 4.79 Å². The number of nitrogens with two attached hydrogens (primary N) is 1. The van der Waals surface area contributed by atoms with Crippen LogP contribution in [-0.2, 0) is 4.79 Å². The second-order valence-electron chi connectivity index (χ2n) is 6.18. The van der Waals surface area contributed by atoms with Crippen LogP contribution in [0.15, 0.2) is 42.7 Å². The second-order valence-corrected chi connectivity index (χ2v) is 6.18. The number of amides is 2. The number of phenols is 1. The molecule has 0 aliphatic heterocycles. The van der Waals surface area contributed by atoms with Crippen LogP contribution >= 0.6 is 0 Å². The zero-order chi connectivity index (χ0) is 22.8. The van der Waals surface area contributed by atoms with Gasteiger partial charge in [0.15, 0.2) is 5.96 Å². The molecular weight excluding hydrogens is 408 g/mol. The molecule has 1 atom stereocenters. The molecule has 164 valence electrons. The summed E-state index contributed by atoms with van der Waals surface area (Å²) in [5, 5.41) is 33.6. The number of ether oxygens (including phenoxy) is 1. The Labute approximate surface area is 176 Å². The number of aromatic nitrogens is 1. The first-order valence-corrected chi connectivity index (χ1v) is 9.03. The molecule has 12 nitrogen and oxygen atoms in total. The minimum Gasteiger partial charge on any atom is -0.507 e. The molecule has 0 spiro atoms. The van der Waals surface area contributed by atoms with E-state index in [1.165, 1.54) is 42.7 Å². The number of phenolic OH excluding ortho intramolecular Hbond substituents is 1. The van der Waals surface area contributed by atoms with E-state index in [9.17, 15) is 24.6 Å². The van der Waals surface area contributed by atoms with Crippen LogP contribution in [0.4, 0.5) is 0 Å². The van der Waals surface area contributed by atoms with Crippen LogP contribution in [0.2, 0.25) is 0 Å². The Morgan fingerprint density at radius 2 is 1.84 bits per heavy atom. The fraction of sp³-hybridized carbons (Fsp3) is 0.211. The van der Waals surface area contributed by atoms with Gasteiger partial charge in [-0.15, -0.1) is 0 Å². The number of nitrogens with one attached hydrogen (secondary N) is 4. The van der Waals surface area contributed by atoms with E-state index in [0.29, 0.717) is 0 Å². The molecule has 1 aromatic carbocycles. The molecule has 0 saturated carbocycles. The van der Waals surface area contributed by atoms with E-state index in [4.69, 9.17) is 15.9 Å². The number of aromatic hydroxyl groups is 1. The fourth-order valence-electron chi connectivity index (χ4n) is 2.38. The maximum Gasteiger partial charge on any atom is 0.328 e. The number of hydrogen-bond acceptors (Lipinski definition) is 7. The predicted octanol–water partition coefficient (Wildman–Crippen LogP) is -0.738. The molecule has 1 aromatic heterocycles. The van der Waals surface area contributed by atoms with Crippen molar-refractivity contribution in [2.75, 3.05) is 19.7 Å². The molecular formula is C19H22N6O6. The zero-order valence-corrected chi connectivity index (χ0v) is 16.3. The number of benzene rings is 1. The summed E-state index contributed by atoms with van der Waals surface area (Å²) in [5.74, 6) is -2.99. The van der Waals surface area contributed by atoms with E-state index in [1.54, 1.807) is 0 Å². The number of rotatable bonds is 10. The van der Waals surface area contributed by atoms with Crippen LogP contribution in [0.5, 0.6) is 11.5 Å². The van der Waals surface area contributed by atoms with Gasteiger partial charge in [0.2, 0.25) is 0 Å². The lowest BCUT2D eigenvalue weighted by Crippen LogP contribution is -2.48. The molecule has 0 aliphatic rings. The van der Waals surface area contributed by atoms with E-state index in [2.05, 4.69) is 20.9 Å². The van der Waals surface area contributed by atoms with Crippen LogP contribution in [0.25, 0.3) is 0 Å². The molecule has 0 unspecified atom stereocenters. The predicted molar refractivity (Wildman–Crippen MR) is 109 cm³/mol. The van der Waals surface area contributed by atoms with Gasteiger partial charge in [0.25, 0.3) is 11.8 Å². The van der Waals surface area contributed by atoms with Crippen molar-refractivity contribution in [3.05, 3.63) is 53.9 Å². The molecule has 8 N–H and O–H groups in total. The number of nitrogens with zero attached hydrogens (tertiary/aromatic N) is 1. The summed E-state index contributed by atoms with van der Waals surface area (Å²) >= 11 is 0. The van der Waals surface area contributed by atoms with E-state index >= 15 is 0 Å². The minimum atomic E-state index is -1.39. The number of aliphatic carboxylic acids is 1. The summed E-state index contributed by atoms with van der Waals surface area (Å²) in [7, 11) is 0. The first-order valence-electron chi connectivity index (χ1n) is 9.03. The molecule has 0 radical (unpaired) electrons. The molecule has 0 aliphatic carbocycles. The highest BCUT2D eigenvalue weighted by Crippen LogP contribution is 2.23. The summed E-state index contributed by atoms with van der Waals surface area (Å²) in [4.78, 5) is 39.6. The number of carboxylic acid groups (broad SMARTS) is 1. The monoisotopic (exact) mass is 430 g/mol. The van der Waals surface area contributed by atoms with Crippen LogP contribution in [0, 0.1) is 5.41 Å². The minimum absolute atomic E-state index is 0.0983. The Morgan fingerprint density at radius 3 is 2.45 bits per heavy atom. The van der Waals surface area contributed by atoms with Gasteiger partial charge in [-0.05, 0) is 24.3 Å². The summed E-state index contributed by atoms with van der Waals surface area (Å²) in [5.41, 5.74) is 5.27. The average molecular weight is 430 g/mol. The van der Waals surface area contributed by atoms with Crippen LogP contribution in [0.1, 0.15) is 20.7 Å². The number of pyridine rings is 1. The number of guanidine groups is 1. The van der Waals surface area contributed by atoms with Crippen molar-refractivity contribution < 1.29 is 29.3 Å². The van der Waals surface area contributed by atoms with Crippen molar-refractivity contribution >= 4 is 23.7 Å². The molecule has 0 saturated heterocycles. The van der Waals surface area contributed by atoms with Gasteiger partial charge >= 0.3 is 5.97 Å². The largest absolute Gasteiger partial charge is 0.507 e. The molecule has 31 heavy (non-hydrogen) atoms. The van der Waals surface area contributed by atoms with Gasteiger partial charge in [0.05, 0.1) is 12.1 Å². The first-order chi connectivity index (χ1) is 14.8. The number of carbonyl (C=O) groups excluding carboxylic acids is 2. The summed E-state index contributed by atoms with van der Waals surface area (Å²) < 4.78 is 5.35. The van der Waals surface area contributed by atoms with Crippen molar-refractivity contribution in [1.82, 2.24) is 20.9 Å². The summed E-state index contributed by atoms with van der Waals surface area (Å²) in [6, 6.07) is 5.44. The van der Waals surface area contributed by atoms with Crippen molar-refractivity contribution in [1.29, 1.82) is 5.41 Å². The number of carbonyl (C=O) groups is 3. The Balaban J connectivity index is 1.92. The van der Waals surface area contributed by atoms with E-state index in [1.807, 2.05) is 0 Å². The number of carboxylic acids is 1. The second kappa shape index (κ2) is 11.0. The SMILES string of the molecule is N=C(N)NCCOc1ccc(C(=O)NC[C@H](NC(=O)c2ccncc2)C(=O)O)c(O)c1. The van der Waals surface area contributed by atoms with Gasteiger partial charge in [-0.1, -0.05) is 0 Å². The van der Waals surface area contributed by atoms with Gasteiger partial charge in [0.1, 0.15) is 24.1 Å². The number of hydrogen-bond donors (Lipinski definition) is 7. The fourth-order valence-corrected chi connectivity index (χ4v) is 2.38. The van der Waals surface area contributed by atoms with Gasteiger partial charge in [0, 0.05) is 30.6 Å². The molecule has 2 rings (SSSR count). The molecule has 2 aromatic rings.